The lowest BCUT2D eigenvalue weighted by Gasteiger charge is -2.31. The molecule has 7 rings (SSSR count). The van der Waals surface area contributed by atoms with Crippen molar-refractivity contribution in [3.8, 4) is 11.1 Å². The van der Waals surface area contributed by atoms with Crippen molar-refractivity contribution in [2.24, 2.45) is 0 Å². The molecule has 0 radical (unpaired) electrons. The lowest BCUT2D eigenvalue weighted by molar-refractivity contribution is 0.199. The maximum atomic E-state index is 9.66. The summed E-state index contributed by atoms with van der Waals surface area (Å²) in [6, 6.07) is 41.6. The molecule has 1 N–H and O–H groups in total. The maximum Gasteiger partial charge on any atom is 0.113 e. The minimum atomic E-state index is -0.0810. The molecule has 0 aromatic heterocycles. The molecule has 3 heteroatoms. The Kier molecular flexibility index (Phi) is 8.19. The van der Waals surface area contributed by atoms with Crippen LogP contribution in [0.3, 0.4) is 0 Å². The molecule has 1 aliphatic rings. The highest BCUT2D eigenvalue weighted by atomic mass is 16.5. The number of hydrogen-bond acceptors (Lipinski definition) is 3. The first-order valence-electron chi connectivity index (χ1n) is 16.8. The minimum absolute atomic E-state index is 0.00809. The third-order valence-corrected chi connectivity index (χ3v) is 9.90. The van der Waals surface area contributed by atoms with Gasteiger partial charge in [-0.25, -0.2) is 0 Å². The fourth-order valence-corrected chi connectivity index (χ4v) is 7.56. The molecule has 0 fully saturated rings. The highest BCUT2D eigenvalue weighted by molar-refractivity contribution is 5.92. The zero-order chi connectivity index (χ0) is 33.6. The Morgan fingerprint density at radius 3 is 2.08 bits per heavy atom. The molecule has 0 amide bonds. The second kappa shape index (κ2) is 12.5. The number of aliphatic hydroxyl groups is 1. The van der Waals surface area contributed by atoms with Gasteiger partial charge in [0.1, 0.15) is 6.61 Å². The SMILES string of the molecule is CC(=Cc1ccc2cc(N(c3ccc4c(c3)C(C)(C)c3ccccc3-4)c3c(C)cc(C)cc3C)ccc2c1)OCc1ccccc1CO. The van der Waals surface area contributed by atoms with Crippen LogP contribution >= 0.6 is 0 Å². The molecular formula is C45H43NO2. The van der Waals surface area contributed by atoms with Crippen molar-refractivity contribution in [2.45, 2.75) is 60.2 Å². The second-order valence-corrected chi connectivity index (χ2v) is 13.7. The van der Waals surface area contributed by atoms with Gasteiger partial charge in [0.2, 0.25) is 0 Å². The average Bonchev–Trinajstić information content (AvgIpc) is 3.31. The molecule has 0 saturated carbocycles. The standard InChI is InChI=1S/C45H43NO2/c1-29-21-30(2)44(31(3)22-29)46(39-19-20-41-40-13-9-10-14-42(40)45(5,6)43(41)26-39)38-18-17-34-24-33(15-16-35(34)25-38)23-32(4)48-28-37-12-8-7-11-36(37)27-47/h7-26,47H,27-28H2,1-6H3. The second-order valence-electron chi connectivity index (χ2n) is 13.7. The van der Waals surface area contributed by atoms with Crippen molar-refractivity contribution in [1.82, 2.24) is 0 Å². The molecule has 6 aromatic carbocycles. The highest BCUT2D eigenvalue weighted by Crippen LogP contribution is 2.51. The van der Waals surface area contributed by atoms with Gasteiger partial charge < -0.3 is 14.7 Å². The minimum Gasteiger partial charge on any atom is -0.494 e. The zero-order valence-electron chi connectivity index (χ0n) is 28.8. The Morgan fingerprint density at radius 2 is 1.31 bits per heavy atom. The monoisotopic (exact) mass is 629 g/mol. The zero-order valence-corrected chi connectivity index (χ0v) is 28.8. The fourth-order valence-electron chi connectivity index (χ4n) is 7.56. The Bertz CT molecular complexity index is 2180. The van der Waals surface area contributed by atoms with Crippen molar-refractivity contribution in [3.63, 3.8) is 0 Å². The highest BCUT2D eigenvalue weighted by Gasteiger charge is 2.35. The van der Waals surface area contributed by atoms with Crippen molar-refractivity contribution in [1.29, 1.82) is 0 Å². The van der Waals surface area contributed by atoms with Crippen LogP contribution in [-0.2, 0) is 23.4 Å². The van der Waals surface area contributed by atoms with E-state index in [4.69, 9.17) is 4.74 Å². The van der Waals surface area contributed by atoms with Gasteiger partial charge in [-0.3, -0.25) is 0 Å². The molecule has 0 spiro atoms. The van der Waals surface area contributed by atoms with E-state index in [0.717, 1.165) is 28.1 Å². The molecule has 0 atom stereocenters. The Hall–Kier alpha value is -5.12. The molecule has 240 valence electrons. The summed E-state index contributed by atoms with van der Waals surface area (Å²) in [6.45, 7) is 13.7. The molecule has 6 aromatic rings. The summed E-state index contributed by atoms with van der Waals surface area (Å²) in [5.74, 6) is 0.830. The van der Waals surface area contributed by atoms with E-state index < -0.39 is 0 Å². The van der Waals surface area contributed by atoms with Gasteiger partial charge in [-0.2, -0.15) is 0 Å². The van der Waals surface area contributed by atoms with Crippen LogP contribution in [0, 0.1) is 20.8 Å². The van der Waals surface area contributed by atoms with Gasteiger partial charge in [0.15, 0.2) is 0 Å². The van der Waals surface area contributed by atoms with E-state index in [1.165, 1.54) is 61.1 Å². The normalized spacial score (nSPS) is 13.4. The van der Waals surface area contributed by atoms with Gasteiger partial charge in [-0.05, 0) is 125 Å². The molecule has 0 heterocycles. The molecule has 0 aliphatic heterocycles. The van der Waals surface area contributed by atoms with Gasteiger partial charge in [-0.15, -0.1) is 0 Å². The first kappa shape index (κ1) is 31.5. The van der Waals surface area contributed by atoms with Crippen LogP contribution in [0.2, 0.25) is 0 Å². The number of ether oxygens (including phenoxy) is 1. The van der Waals surface area contributed by atoms with Crippen molar-refractivity contribution < 1.29 is 9.84 Å². The number of benzene rings is 6. The Labute approximate surface area is 284 Å². The Balaban J connectivity index is 1.26. The van der Waals surface area contributed by atoms with Crippen LogP contribution in [0.4, 0.5) is 17.1 Å². The number of aryl methyl sites for hydroxylation is 3. The van der Waals surface area contributed by atoms with Gasteiger partial charge >= 0.3 is 0 Å². The fraction of sp³-hybridized carbons (Fsp3) is 0.200. The quantitative estimate of drug-likeness (QED) is 0.170. The predicted molar refractivity (Wildman–Crippen MR) is 201 cm³/mol. The molecular weight excluding hydrogens is 587 g/mol. The summed E-state index contributed by atoms with van der Waals surface area (Å²) in [6.07, 6.45) is 2.07. The molecule has 0 saturated heterocycles. The van der Waals surface area contributed by atoms with Crippen LogP contribution in [0.25, 0.3) is 28.0 Å². The number of fused-ring (bicyclic) bond motifs is 4. The summed E-state index contributed by atoms with van der Waals surface area (Å²) in [7, 11) is 0. The number of rotatable bonds is 8. The van der Waals surface area contributed by atoms with E-state index in [-0.39, 0.29) is 12.0 Å². The summed E-state index contributed by atoms with van der Waals surface area (Å²) < 4.78 is 6.08. The van der Waals surface area contributed by atoms with E-state index in [2.05, 4.69) is 137 Å². The molecule has 0 unspecified atom stereocenters. The van der Waals surface area contributed by atoms with Crippen molar-refractivity contribution in [2.75, 3.05) is 4.90 Å². The van der Waals surface area contributed by atoms with E-state index in [1.54, 1.807) is 0 Å². The van der Waals surface area contributed by atoms with E-state index in [1.807, 2.05) is 31.2 Å². The maximum absolute atomic E-state index is 9.66. The number of anilines is 3. The summed E-state index contributed by atoms with van der Waals surface area (Å²) in [5, 5.41) is 12.0. The lowest BCUT2D eigenvalue weighted by atomic mass is 9.82. The number of aliphatic hydroxyl groups excluding tert-OH is 1. The number of allylic oxidation sites excluding steroid dienone is 1. The predicted octanol–water partition coefficient (Wildman–Crippen LogP) is 11.6. The number of hydrogen-bond donors (Lipinski definition) is 1. The van der Waals surface area contributed by atoms with Crippen LogP contribution in [0.15, 0.2) is 121 Å². The van der Waals surface area contributed by atoms with E-state index >= 15 is 0 Å². The van der Waals surface area contributed by atoms with Crippen LogP contribution in [0.5, 0.6) is 0 Å². The number of nitrogens with zero attached hydrogens (tertiary/aromatic N) is 1. The topological polar surface area (TPSA) is 32.7 Å². The lowest BCUT2D eigenvalue weighted by Crippen LogP contribution is -2.17. The summed E-state index contributed by atoms with van der Waals surface area (Å²) in [5.41, 5.74) is 15.6. The van der Waals surface area contributed by atoms with Crippen LogP contribution in [0.1, 0.15) is 65.3 Å². The van der Waals surface area contributed by atoms with Gasteiger partial charge in [0.25, 0.3) is 0 Å². The van der Waals surface area contributed by atoms with Gasteiger partial charge in [0, 0.05) is 16.8 Å². The van der Waals surface area contributed by atoms with E-state index in [9.17, 15) is 5.11 Å². The summed E-state index contributed by atoms with van der Waals surface area (Å²) >= 11 is 0. The molecule has 1 aliphatic carbocycles. The van der Waals surface area contributed by atoms with Crippen LogP contribution in [-0.4, -0.2) is 5.11 Å². The van der Waals surface area contributed by atoms with Crippen molar-refractivity contribution in [3.05, 3.63) is 166 Å². The molecule has 48 heavy (non-hydrogen) atoms. The third kappa shape index (κ3) is 5.69. The molecule has 0 bridgehead atoms. The van der Waals surface area contributed by atoms with Gasteiger partial charge in [-0.1, -0.05) is 104 Å². The smallest absolute Gasteiger partial charge is 0.113 e. The first-order valence-corrected chi connectivity index (χ1v) is 16.8. The van der Waals surface area contributed by atoms with Gasteiger partial charge in [0.05, 0.1) is 18.1 Å². The van der Waals surface area contributed by atoms with Crippen LogP contribution < -0.4 is 4.90 Å². The largest absolute Gasteiger partial charge is 0.494 e. The summed E-state index contributed by atoms with van der Waals surface area (Å²) in [4.78, 5) is 2.44. The third-order valence-electron chi connectivity index (χ3n) is 9.90. The van der Waals surface area contributed by atoms with Crippen molar-refractivity contribution >= 4 is 33.9 Å². The first-order chi connectivity index (χ1) is 23.1. The van der Waals surface area contributed by atoms with E-state index in [0.29, 0.717) is 6.61 Å². The average molecular weight is 630 g/mol. The molecule has 3 nitrogen and oxygen atoms in total. The Morgan fingerprint density at radius 1 is 0.688 bits per heavy atom.